The summed E-state index contributed by atoms with van der Waals surface area (Å²) in [5.74, 6) is 1.69. The molecule has 102 valence electrons. The lowest BCUT2D eigenvalue weighted by atomic mass is 10.2. The molecule has 2 aromatic carbocycles. The Bertz CT molecular complexity index is 609. The molecule has 0 N–H and O–H groups in total. The molecule has 4 heteroatoms. The summed E-state index contributed by atoms with van der Waals surface area (Å²) in [6.07, 6.45) is 0.923. The molecule has 0 aliphatic heterocycles. The van der Waals surface area contributed by atoms with E-state index in [1.54, 1.807) is 23.9 Å². The van der Waals surface area contributed by atoms with Crippen LogP contribution in [0, 0.1) is 11.3 Å². The first-order valence-corrected chi connectivity index (χ1v) is 7.66. The van der Waals surface area contributed by atoms with E-state index in [2.05, 4.69) is 6.07 Å². The van der Waals surface area contributed by atoms with Gasteiger partial charge in [-0.05, 0) is 36.8 Å². The zero-order valence-corrected chi connectivity index (χ0v) is 12.5. The molecule has 0 amide bonds. The summed E-state index contributed by atoms with van der Waals surface area (Å²) in [5, 5.41) is 9.59. The fourth-order valence-corrected chi connectivity index (χ4v) is 2.81. The summed E-state index contributed by atoms with van der Waals surface area (Å²) in [6.45, 7) is 0.631. The molecular weight excluding hydrogens is 290 g/mol. The average Bonchev–Trinajstić information content (AvgIpc) is 2.49. The highest BCUT2D eigenvalue weighted by Crippen LogP contribution is 2.26. The van der Waals surface area contributed by atoms with Crippen LogP contribution >= 0.6 is 23.4 Å². The van der Waals surface area contributed by atoms with Gasteiger partial charge in [0.15, 0.2) is 0 Å². The molecule has 0 heterocycles. The predicted molar refractivity (Wildman–Crippen MR) is 83.4 cm³/mol. The number of nitrogens with zero attached hydrogens (tertiary/aromatic N) is 1. The smallest absolute Gasteiger partial charge is 0.120 e. The van der Waals surface area contributed by atoms with Crippen LogP contribution in [0.25, 0.3) is 0 Å². The van der Waals surface area contributed by atoms with Gasteiger partial charge in [-0.2, -0.15) is 5.26 Å². The summed E-state index contributed by atoms with van der Waals surface area (Å²) >= 11 is 7.81. The van der Waals surface area contributed by atoms with E-state index in [1.165, 1.54) is 0 Å². The lowest BCUT2D eigenvalue weighted by molar-refractivity contribution is 0.318. The van der Waals surface area contributed by atoms with E-state index in [1.807, 2.05) is 36.4 Å². The van der Waals surface area contributed by atoms with Crippen LogP contribution in [0.2, 0.25) is 5.02 Å². The van der Waals surface area contributed by atoms with E-state index in [0.717, 1.165) is 27.8 Å². The van der Waals surface area contributed by atoms with Crippen molar-refractivity contribution in [2.75, 3.05) is 12.4 Å². The van der Waals surface area contributed by atoms with Crippen molar-refractivity contribution < 1.29 is 4.74 Å². The topological polar surface area (TPSA) is 33.0 Å². The molecule has 0 fully saturated rings. The van der Waals surface area contributed by atoms with Gasteiger partial charge < -0.3 is 4.74 Å². The van der Waals surface area contributed by atoms with Crippen LogP contribution in [0.3, 0.4) is 0 Å². The molecule has 0 aromatic heterocycles. The second-order valence-electron chi connectivity index (χ2n) is 4.12. The minimum atomic E-state index is 0.618. The van der Waals surface area contributed by atoms with Crippen molar-refractivity contribution in [3.63, 3.8) is 0 Å². The van der Waals surface area contributed by atoms with Crippen molar-refractivity contribution in [2.24, 2.45) is 0 Å². The highest BCUT2D eigenvalue weighted by molar-refractivity contribution is 7.99. The molecule has 20 heavy (non-hydrogen) atoms. The van der Waals surface area contributed by atoms with Crippen molar-refractivity contribution in [1.82, 2.24) is 0 Å². The first kappa shape index (κ1) is 14.8. The molecule has 0 atom stereocenters. The number of rotatable bonds is 6. The third kappa shape index (κ3) is 4.48. The summed E-state index contributed by atoms with van der Waals surface area (Å²) in [6, 6.07) is 17.1. The number of thioether (sulfide) groups is 1. The van der Waals surface area contributed by atoms with Crippen LogP contribution in [0.4, 0.5) is 0 Å². The molecule has 0 saturated heterocycles. The molecule has 0 spiro atoms. The maximum absolute atomic E-state index is 8.80. The van der Waals surface area contributed by atoms with Gasteiger partial charge in [-0.3, -0.25) is 0 Å². The first-order chi connectivity index (χ1) is 9.79. The number of benzene rings is 2. The molecule has 2 rings (SSSR count). The van der Waals surface area contributed by atoms with Crippen LogP contribution < -0.4 is 4.74 Å². The van der Waals surface area contributed by atoms with Gasteiger partial charge in [0.05, 0.1) is 23.3 Å². The molecule has 0 aliphatic carbocycles. The number of nitriles is 1. The van der Waals surface area contributed by atoms with E-state index in [-0.39, 0.29) is 0 Å². The Balaban J connectivity index is 1.72. The molecule has 2 nitrogen and oxygen atoms in total. The lowest BCUT2D eigenvalue weighted by Crippen LogP contribution is -1.98. The van der Waals surface area contributed by atoms with E-state index in [0.29, 0.717) is 12.2 Å². The van der Waals surface area contributed by atoms with Gasteiger partial charge in [-0.1, -0.05) is 29.8 Å². The van der Waals surface area contributed by atoms with Gasteiger partial charge in [0.1, 0.15) is 5.75 Å². The number of halogens is 1. The summed E-state index contributed by atoms with van der Waals surface area (Å²) in [5.41, 5.74) is 0.618. The fourth-order valence-electron chi connectivity index (χ4n) is 1.65. The second-order valence-corrected chi connectivity index (χ2v) is 5.66. The number of hydrogen-bond donors (Lipinski definition) is 0. The SMILES string of the molecule is N#Cc1cccc(OCCCSc2ccccc2Cl)c1. The number of ether oxygens (including phenoxy) is 1. The Kier molecular flexibility index (Phi) is 5.79. The van der Waals surface area contributed by atoms with Gasteiger partial charge in [-0.25, -0.2) is 0 Å². The zero-order chi connectivity index (χ0) is 14.2. The highest BCUT2D eigenvalue weighted by Gasteiger charge is 2.00. The monoisotopic (exact) mass is 303 g/mol. The third-order valence-electron chi connectivity index (χ3n) is 2.61. The Morgan fingerprint density at radius 3 is 2.80 bits per heavy atom. The van der Waals surface area contributed by atoms with Gasteiger partial charge in [0.2, 0.25) is 0 Å². The van der Waals surface area contributed by atoms with Crippen LogP contribution in [0.5, 0.6) is 5.75 Å². The molecule has 2 aromatic rings. The van der Waals surface area contributed by atoms with Gasteiger partial charge in [0, 0.05) is 10.6 Å². The first-order valence-electron chi connectivity index (χ1n) is 6.30. The molecule has 0 bridgehead atoms. The molecule has 0 saturated carbocycles. The maximum Gasteiger partial charge on any atom is 0.120 e. The summed E-state index contributed by atoms with van der Waals surface area (Å²) < 4.78 is 5.62. The normalized spacial score (nSPS) is 10.0. The van der Waals surface area contributed by atoms with Crippen molar-refractivity contribution >= 4 is 23.4 Å². The van der Waals surface area contributed by atoms with Gasteiger partial charge in [0.25, 0.3) is 0 Å². The van der Waals surface area contributed by atoms with E-state index in [9.17, 15) is 0 Å². The second kappa shape index (κ2) is 7.84. The molecule has 0 unspecified atom stereocenters. The van der Waals surface area contributed by atoms with Gasteiger partial charge >= 0.3 is 0 Å². The minimum Gasteiger partial charge on any atom is -0.494 e. The van der Waals surface area contributed by atoms with Crippen LogP contribution in [-0.4, -0.2) is 12.4 Å². The van der Waals surface area contributed by atoms with Gasteiger partial charge in [-0.15, -0.1) is 11.8 Å². The average molecular weight is 304 g/mol. The van der Waals surface area contributed by atoms with Crippen LogP contribution in [0.15, 0.2) is 53.4 Å². The quantitative estimate of drug-likeness (QED) is 0.569. The summed E-state index contributed by atoms with van der Waals surface area (Å²) in [7, 11) is 0. The largest absolute Gasteiger partial charge is 0.494 e. The Labute approximate surface area is 128 Å². The standard InChI is InChI=1S/C16H14ClNOS/c17-15-7-1-2-8-16(15)20-10-4-9-19-14-6-3-5-13(11-14)12-18/h1-3,5-8,11H,4,9-10H2. The maximum atomic E-state index is 8.80. The van der Waals surface area contributed by atoms with Crippen molar-refractivity contribution in [2.45, 2.75) is 11.3 Å². The van der Waals surface area contributed by atoms with Crippen molar-refractivity contribution in [1.29, 1.82) is 5.26 Å². The van der Waals surface area contributed by atoms with Crippen molar-refractivity contribution in [3.8, 4) is 11.8 Å². The van der Waals surface area contributed by atoms with Crippen LogP contribution in [-0.2, 0) is 0 Å². The van der Waals surface area contributed by atoms with E-state index >= 15 is 0 Å². The Morgan fingerprint density at radius 1 is 1.15 bits per heavy atom. The fraction of sp³-hybridized carbons (Fsp3) is 0.188. The Morgan fingerprint density at radius 2 is 2.00 bits per heavy atom. The minimum absolute atomic E-state index is 0.618. The third-order valence-corrected chi connectivity index (χ3v) is 4.22. The molecule has 0 aliphatic rings. The number of hydrogen-bond acceptors (Lipinski definition) is 3. The highest BCUT2D eigenvalue weighted by atomic mass is 35.5. The van der Waals surface area contributed by atoms with E-state index in [4.69, 9.17) is 21.6 Å². The van der Waals surface area contributed by atoms with Crippen molar-refractivity contribution in [3.05, 3.63) is 59.1 Å². The van der Waals surface area contributed by atoms with E-state index < -0.39 is 0 Å². The predicted octanol–water partition coefficient (Wildman–Crippen LogP) is 4.77. The lowest BCUT2D eigenvalue weighted by Gasteiger charge is -2.07. The summed E-state index contributed by atoms with van der Waals surface area (Å²) in [4.78, 5) is 1.10. The molecular formula is C16H14ClNOS. The Hall–Kier alpha value is -1.63. The molecule has 0 radical (unpaired) electrons. The van der Waals surface area contributed by atoms with Crippen LogP contribution in [0.1, 0.15) is 12.0 Å². The zero-order valence-electron chi connectivity index (χ0n) is 10.9.